The fraction of sp³-hybridized carbons (Fsp3) is 0.846. The zero-order chi connectivity index (χ0) is 14.0. The molecule has 0 aromatic carbocycles. The largest absolute Gasteiger partial charge is 0.460 e. The van der Waals surface area contributed by atoms with E-state index in [0.29, 0.717) is 32.0 Å². The quantitative estimate of drug-likeness (QED) is 0.604. The Morgan fingerprint density at radius 2 is 1.94 bits per heavy atom. The lowest BCUT2D eigenvalue weighted by Gasteiger charge is -2.17. The van der Waals surface area contributed by atoms with Gasteiger partial charge in [0, 0.05) is 6.42 Å². The standard InChI is InChI=1S/C13H25NO4/c1-10(2)5-6-13(16)14-7-12(18-9-15)8-17-11(3)4/h9-12H,5-8H2,1-4H3,(H,14,16). The monoisotopic (exact) mass is 259 g/mol. The molecule has 0 spiro atoms. The number of hydrogen-bond acceptors (Lipinski definition) is 4. The number of nitrogens with one attached hydrogen (secondary N) is 1. The molecule has 0 saturated heterocycles. The first-order valence-electron chi connectivity index (χ1n) is 6.43. The predicted octanol–water partition coefficient (Wildman–Crippen LogP) is 1.51. The summed E-state index contributed by atoms with van der Waals surface area (Å²) in [7, 11) is 0. The molecule has 1 amide bonds. The van der Waals surface area contributed by atoms with Gasteiger partial charge >= 0.3 is 0 Å². The maximum atomic E-state index is 11.5. The molecule has 1 unspecified atom stereocenters. The molecule has 0 bridgehead atoms. The van der Waals surface area contributed by atoms with Gasteiger partial charge in [-0.2, -0.15) is 0 Å². The van der Waals surface area contributed by atoms with E-state index >= 15 is 0 Å². The molecule has 0 radical (unpaired) electrons. The molecule has 0 aromatic rings. The van der Waals surface area contributed by atoms with Crippen molar-refractivity contribution in [3.05, 3.63) is 0 Å². The SMILES string of the molecule is CC(C)CCC(=O)NCC(COC(C)C)OC=O. The van der Waals surface area contributed by atoms with Crippen molar-refractivity contribution < 1.29 is 19.1 Å². The highest BCUT2D eigenvalue weighted by Crippen LogP contribution is 2.03. The number of amides is 1. The van der Waals surface area contributed by atoms with Crippen molar-refractivity contribution in [3.8, 4) is 0 Å². The van der Waals surface area contributed by atoms with E-state index in [0.717, 1.165) is 6.42 Å². The van der Waals surface area contributed by atoms with E-state index < -0.39 is 6.10 Å². The van der Waals surface area contributed by atoms with Crippen LogP contribution in [0.5, 0.6) is 0 Å². The number of hydrogen-bond donors (Lipinski definition) is 1. The number of rotatable bonds is 10. The minimum Gasteiger partial charge on any atom is -0.460 e. The van der Waals surface area contributed by atoms with Gasteiger partial charge in [0.25, 0.3) is 6.47 Å². The maximum absolute atomic E-state index is 11.5. The summed E-state index contributed by atoms with van der Waals surface area (Å²) in [5.74, 6) is 0.481. The van der Waals surface area contributed by atoms with Crippen molar-refractivity contribution in [2.24, 2.45) is 5.92 Å². The van der Waals surface area contributed by atoms with Crippen LogP contribution in [0.3, 0.4) is 0 Å². The summed E-state index contributed by atoms with van der Waals surface area (Å²) in [5, 5.41) is 2.74. The van der Waals surface area contributed by atoms with Crippen LogP contribution in [0, 0.1) is 5.92 Å². The van der Waals surface area contributed by atoms with Crippen LogP contribution in [0.2, 0.25) is 0 Å². The van der Waals surface area contributed by atoms with Crippen molar-refractivity contribution in [2.75, 3.05) is 13.2 Å². The molecule has 0 aliphatic carbocycles. The van der Waals surface area contributed by atoms with Gasteiger partial charge in [-0.15, -0.1) is 0 Å². The Hall–Kier alpha value is -1.10. The summed E-state index contributed by atoms with van der Waals surface area (Å²) in [6, 6.07) is 0. The Labute approximate surface area is 109 Å². The van der Waals surface area contributed by atoms with Crippen molar-refractivity contribution >= 4 is 12.4 Å². The molecule has 0 rings (SSSR count). The first-order valence-corrected chi connectivity index (χ1v) is 6.43. The van der Waals surface area contributed by atoms with Gasteiger partial charge in [0.15, 0.2) is 0 Å². The Morgan fingerprint density at radius 3 is 2.44 bits per heavy atom. The van der Waals surface area contributed by atoms with Crippen LogP contribution in [0.4, 0.5) is 0 Å². The molecule has 5 heteroatoms. The van der Waals surface area contributed by atoms with Crippen molar-refractivity contribution in [2.45, 2.75) is 52.7 Å². The molecule has 5 nitrogen and oxygen atoms in total. The van der Waals surface area contributed by atoms with E-state index in [1.165, 1.54) is 0 Å². The Bertz CT molecular complexity index is 241. The van der Waals surface area contributed by atoms with Crippen LogP contribution in [-0.2, 0) is 19.1 Å². The molecular formula is C13H25NO4. The minimum absolute atomic E-state index is 0.0206. The van der Waals surface area contributed by atoms with E-state index in [4.69, 9.17) is 9.47 Å². The summed E-state index contributed by atoms with van der Waals surface area (Å²) in [6.07, 6.45) is 0.997. The summed E-state index contributed by atoms with van der Waals surface area (Å²) in [6.45, 7) is 8.92. The van der Waals surface area contributed by atoms with E-state index in [-0.39, 0.29) is 12.0 Å². The van der Waals surface area contributed by atoms with Crippen molar-refractivity contribution in [1.82, 2.24) is 5.32 Å². The smallest absolute Gasteiger partial charge is 0.293 e. The van der Waals surface area contributed by atoms with Gasteiger partial charge < -0.3 is 14.8 Å². The molecule has 18 heavy (non-hydrogen) atoms. The number of ether oxygens (including phenoxy) is 2. The van der Waals surface area contributed by atoms with Crippen LogP contribution in [-0.4, -0.2) is 37.7 Å². The zero-order valence-corrected chi connectivity index (χ0v) is 11.8. The van der Waals surface area contributed by atoms with Gasteiger partial charge in [-0.1, -0.05) is 13.8 Å². The fourth-order valence-electron chi connectivity index (χ4n) is 1.26. The lowest BCUT2D eigenvalue weighted by molar-refractivity contribution is -0.138. The molecule has 0 aliphatic heterocycles. The Kier molecular flexibility index (Phi) is 9.28. The maximum Gasteiger partial charge on any atom is 0.293 e. The molecule has 106 valence electrons. The third kappa shape index (κ3) is 10.1. The van der Waals surface area contributed by atoms with Crippen LogP contribution in [0.25, 0.3) is 0 Å². The van der Waals surface area contributed by atoms with E-state index in [9.17, 15) is 9.59 Å². The number of carbonyl (C=O) groups excluding carboxylic acids is 2. The van der Waals surface area contributed by atoms with Gasteiger partial charge in [-0.3, -0.25) is 9.59 Å². The molecule has 0 heterocycles. The molecule has 1 N–H and O–H groups in total. The van der Waals surface area contributed by atoms with Gasteiger partial charge in [0.05, 0.1) is 19.3 Å². The first-order chi connectivity index (χ1) is 8.45. The summed E-state index contributed by atoms with van der Waals surface area (Å²) < 4.78 is 10.2. The normalized spacial score (nSPS) is 12.6. The highest BCUT2D eigenvalue weighted by molar-refractivity contribution is 5.75. The van der Waals surface area contributed by atoms with Gasteiger partial charge in [0.1, 0.15) is 6.10 Å². The second kappa shape index (κ2) is 9.88. The average molecular weight is 259 g/mol. The van der Waals surface area contributed by atoms with E-state index in [1.54, 1.807) is 0 Å². The summed E-state index contributed by atoms with van der Waals surface area (Å²) in [4.78, 5) is 21.8. The topological polar surface area (TPSA) is 64.6 Å². The van der Waals surface area contributed by atoms with Gasteiger partial charge in [-0.05, 0) is 26.2 Å². The van der Waals surface area contributed by atoms with Crippen molar-refractivity contribution in [1.29, 1.82) is 0 Å². The molecule has 0 fully saturated rings. The molecule has 1 atom stereocenters. The lowest BCUT2D eigenvalue weighted by Crippen LogP contribution is -2.36. The van der Waals surface area contributed by atoms with Crippen molar-refractivity contribution in [3.63, 3.8) is 0 Å². The lowest BCUT2D eigenvalue weighted by atomic mass is 10.1. The van der Waals surface area contributed by atoms with E-state index in [2.05, 4.69) is 19.2 Å². The third-order valence-corrected chi connectivity index (χ3v) is 2.34. The van der Waals surface area contributed by atoms with Crippen LogP contribution in [0.1, 0.15) is 40.5 Å². The zero-order valence-electron chi connectivity index (χ0n) is 11.8. The van der Waals surface area contributed by atoms with Gasteiger partial charge in [-0.25, -0.2) is 0 Å². The molecule has 0 aromatic heterocycles. The Morgan fingerprint density at radius 1 is 1.28 bits per heavy atom. The highest BCUT2D eigenvalue weighted by atomic mass is 16.6. The number of carbonyl (C=O) groups is 2. The molecular weight excluding hydrogens is 234 g/mol. The van der Waals surface area contributed by atoms with Crippen LogP contribution in [0.15, 0.2) is 0 Å². The average Bonchev–Trinajstić information content (AvgIpc) is 2.29. The molecule has 0 saturated carbocycles. The first kappa shape index (κ1) is 16.9. The Balaban J connectivity index is 3.87. The third-order valence-electron chi connectivity index (χ3n) is 2.34. The molecule has 0 aliphatic rings. The van der Waals surface area contributed by atoms with Crippen LogP contribution < -0.4 is 5.32 Å². The van der Waals surface area contributed by atoms with E-state index in [1.807, 2.05) is 13.8 Å². The second-order valence-corrected chi connectivity index (χ2v) is 4.97. The predicted molar refractivity (Wildman–Crippen MR) is 69.1 cm³/mol. The summed E-state index contributed by atoms with van der Waals surface area (Å²) in [5.41, 5.74) is 0. The minimum atomic E-state index is -0.423. The fourth-order valence-corrected chi connectivity index (χ4v) is 1.26. The van der Waals surface area contributed by atoms with Gasteiger partial charge in [0.2, 0.25) is 5.91 Å². The summed E-state index contributed by atoms with van der Waals surface area (Å²) >= 11 is 0. The highest BCUT2D eigenvalue weighted by Gasteiger charge is 2.12. The second-order valence-electron chi connectivity index (χ2n) is 4.97. The van der Waals surface area contributed by atoms with Crippen LogP contribution >= 0.6 is 0 Å².